The molecular formula is C13H7ClF3NO. The van der Waals surface area contributed by atoms with E-state index in [-0.39, 0.29) is 16.1 Å². The van der Waals surface area contributed by atoms with Crippen LogP contribution in [0.4, 0.5) is 13.2 Å². The smallest absolute Gasteiger partial charge is 0.298 e. The molecule has 1 heterocycles. The maximum Gasteiger partial charge on any atom is 0.417 e. The van der Waals surface area contributed by atoms with E-state index in [4.69, 9.17) is 11.6 Å². The molecule has 1 aromatic heterocycles. The Hall–Kier alpha value is -1.88. The number of alkyl halides is 3. The number of carbonyl (C=O) groups is 1. The highest BCUT2D eigenvalue weighted by Gasteiger charge is 2.34. The van der Waals surface area contributed by atoms with Crippen molar-refractivity contribution in [2.45, 2.75) is 6.18 Å². The van der Waals surface area contributed by atoms with Gasteiger partial charge in [0.2, 0.25) is 0 Å². The molecule has 0 aliphatic carbocycles. The summed E-state index contributed by atoms with van der Waals surface area (Å²) in [5.41, 5.74) is -0.445. The normalized spacial score (nSPS) is 11.4. The van der Waals surface area contributed by atoms with Crippen molar-refractivity contribution < 1.29 is 18.0 Å². The number of carbonyl (C=O) groups excluding carboxylic acids is 1. The molecule has 0 spiro atoms. The summed E-state index contributed by atoms with van der Waals surface area (Å²) in [6.07, 6.45) is -1.75. The summed E-state index contributed by atoms with van der Waals surface area (Å²) >= 11 is 5.91. The highest BCUT2D eigenvalue weighted by Crippen LogP contribution is 2.38. The third-order valence-corrected chi connectivity index (χ3v) is 2.86. The lowest BCUT2D eigenvalue weighted by atomic mass is 10.0. The van der Waals surface area contributed by atoms with Gasteiger partial charge in [-0.15, -0.1) is 0 Å². The minimum Gasteiger partial charge on any atom is -0.298 e. The summed E-state index contributed by atoms with van der Waals surface area (Å²) in [7, 11) is 0. The number of rotatable bonds is 2. The second-order valence-corrected chi connectivity index (χ2v) is 4.18. The monoisotopic (exact) mass is 285 g/mol. The van der Waals surface area contributed by atoms with Gasteiger partial charge in [0.1, 0.15) is 6.29 Å². The van der Waals surface area contributed by atoms with Crippen molar-refractivity contribution in [2.75, 3.05) is 0 Å². The summed E-state index contributed by atoms with van der Waals surface area (Å²) in [4.78, 5) is 14.3. The predicted molar refractivity (Wildman–Crippen MR) is 65.1 cm³/mol. The van der Waals surface area contributed by atoms with E-state index in [1.165, 1.54) is 18.2 Å². The maximum atomic E-state index is 12.9. The van der Waals surface area contributed by atoms with Gasteiger partial charge in [0.15, 0.2) is 0 Å². The maximum absolute atomic E-state index is 12.9. The lowest BCUT2D eigenvalue weighted by molar-refractivity contribution is -0.137. The van der Waals surface area contributed by atoms with E-state index in [1.807, 2.05) is 0 Å². The fourth-order valence-electron chi connectivity index (χ4n) is 1.68. The van der Waals surface area contributed by atoms with Gasteiger partial charge in [0.25, 0.3) is 0 Å². The minimum absolute atomic E-state index is 0.0723. The molecule has 0 saturated heterocycles. The van der Waals surface area contributed by atoms with Crippen LogP contribution in [0.5, 0.6) is 0 Å². The van der Waals surface area contributed by atoms with Crippen LogP contribution in [0.25, 0.3) is 11.1 Å². The molecule has 1 aromatic carbocycles. The molecule has 0 fully saturated rings. The van der Waals surface area contributed by atoms with Crippen molar-refractivity contribution in [2.24, 2.45) is 0 Å². The highest BCUT2D eigenvalue weighted by molar-refractivity contribution is 6.33. The van der Waals surface area contributed by atoms with Gasteiger partial charge in [-0.2, -0.15) is 13.2 Å². The molecule has 0 N–H and O–H groups in total. The number of halogens is 4. The molecule has 0 aliphatic heterocycles. The first-order valence-corrected chi connectivity index (χ1v) is 5.57. The van der Waals surface area contributed by atoms with E-state index in [2.05, 4.69) is 4.98 Å². The van der Waals surface area contributed by atoms with Gasteiger partial charge in [0, 0.05) is 34.1 Å². The second kappa shape index (κ2) is 5.01. The van der Waals surface area contributed by atoms with Crippen molar-refractivity contribution in [3.63, 3.8) is 0 Å². The van der Waals surface area contributed by atoms with E-state index in [0.29, 0.717) is 11.8 Å². The SMILES string of the molecule is O=Cc1ccc(-c2cnccc2C(F)(F)F)c(Cl)c1. The molecule has 0 atom stereocenters. The van der Waals surface area contributed by atoms with Crippen molar-refractivity contribution in [1.82, 2.24) is 4.98 Å². The Bertz CT molecular complexity index is 626. The Morgan fingerprint density at radius 2 is 1.89 bits per heavy atom. The third-order valence-electron chi connectivity index (χ3n) is 2.55. The summed E-state index contributed by atoms with van der Waals surface area (Å²) in [5, 5.41) is 0.0723. The van der Waals surface area contributed by atoms with Gasteiger partial charge in [-0.05, 0) is 12.1 Å². The average molecular weight is 286 g/mol. The van der Waals surface area contributed by atoms with Crippen LogP contribution in [0, 0.1) is 0 Å². The zero-order valence-corrected chi connectivity index (χ0v) is 10.2. The number of benzene rings is 1. The zero-order valence-electron chi connectivity index (χ0n) is 9.41. The van der Waals surface area contributed by atoms with Crippen LogP contribution in [0.2, 0.25) is 5.02 Å². The molecule has 0 saturated carbocycles. The van der Waals surface area contributed by atoms with Gasteiger partial charge >= 0.3 is 6.18 Å². The Morgan fingerprint density at radius 1 is 1.16 bits per heavy atom. The van der Waals surface area contributed by atoms with Crippen molar-refractivity contribution >= 4 is 17.9 Å². The van der Waals surface area contributed by atoms with Crippen LogP contribution in [-0.4, -0.2) is 11.3 Å². The number of hydrogen-bond acceptors (Lipinski definition) is 2. The predicted octanol–water partition coefficient (Wildman–Crippen LogP) is 4.23. The fourth-order valence-corrected chi connectivity index (χ4v) is 1.97. The van der Waals surface area contributed by atoms with Gasteiger partial charge < -0.3 is 0 Å². The Morgan fingerprint density at radius 3 is 2.47 bits per heavy atom. The first kappa shape index (κ1) is 13.5. The zero-order chi connectivity index (χ0) is 14.0. The molecule has 98 valence electrons. The van der Waals surface area contributed by atoms with Crippen LogP contribution < -0.4 is 0 Å². The van der Waals surface area contributed by atoms with Gasteiger partial charge in [-0.3, -0.25) is 9.78 Å². The summed E-state index contributed by atoms with van der Waals surface area (Å²) in [6.45, 7) is 0. The molecule has 0 amide bonds. The average Bonchev–Trinajstić information content (AvgIpc) is 2.37. The van der Waals surface area contributed by atoms with Gasteiger partial charge in [-0.1, -0.05) is 23.7 Å². The molecule has 2 aromatic rings. The number of pyridine rings is 1. The summed E-state index contributed by atoms with van der Waals surface area (Å²) in [5.74, 6) is 0. The molecule has 0 bridgehead atoms. The number of aromatic nitrogens is 1. The van der Waals surface area contributed by atoms with Crippen LogP contribution >= 0.6 is 11.6 Å². The molecule has 19 heavy (non-hydrogen) atoms. The molecule has 6 heteroatoms. The first-order chi connectivity index (χ1) is 8.93. The summed E-state index contributed by atoms with van der Waals surface area (Å²) < 4.78 is 38.7. The van der Waals surface area contributed by atoms with Crippen molar-refractivity contribution in [3.8, 4) is 11.1 Å². The highest BCUT2D eigenvalue weighted by atomic mass is 35.5. The van der Waals surface area contributed by atoms with Crippen LogP contribution in [0.15, 0.2) is 36.7 Å². The van der Waals surface area contributed by atoms with Gasteiger partial charge in [-0.25, -0.2) is 0 Å². The molecule has 2 rings (SSSR count). The fraction of sp³-hybridized carbons (Fsp3) is 0.0769. The van der Waals surface area contributed by atoms with Crippen molar-refractivity contribution in [1.29, 1.82) is 0 Å². The van der Waals surface area contributed by atoms with E-state index in [0.717, 1.165) is 18.5 Å². The van der Waals surface area contributed by atoms with E-state index in [9.17, 15) is 18.0 Å². The molecule has 0 radical (unpaired) electrons. The van der Waals surface area contributed by atoms with Crippen molar-refractivity contribution in [3.05, 3.63) is 52.8 Å². The number of nitrogens with zero attached hydrogens (tertiary/aromatic N) is 1. The third kappa shape index (κ3) is 2.76. The largest absolute Gasteiger partial charge is 0.417 e. The topological polar surface area (TPSA) is 30.0 Å². The minimum atomic E-state index is -4.50. The van der Waals surface area contributed by atoms with Crippen LogP contribution in [-0.2, 0) is 6.18 Å². The Kier molecular flexibility index (Phi) is 3.57. The molecule has 0 aliphatic rings. The van der Waals surface area contributed by atoms with E-state index in [1.54, 1.807) is 0 Å². The molecule has 2 nitrogen and oxygen atoms in total. The lowest BCUT2D eigenvalue weighted by Gasteiger charge is -2.13. The van der Waals surface area contributed by atoms with Crippen LogP contribution in [0.1, 0.15) is 15.9 Å². The van der Waals surface area contributed by atoms with Crippen LogP contribution in [0.3, 0.4) is 0 Å². The molecular weight excluding hydrogens is 279 g/mol. The number of hydrogen-bond donors (Lipinski definition) is 0. The quantitative estimate of drug-likeness (QED) is 0.773. The van der Waals surface area contributed by atoms with E-state index < -0.39 is 11.7 Å². The van der Waals surface area contributed by atoms with E-state index >= 15 is 0 Å². The molecule has 0 unspecified atom stereocenters. The second-order valence-electron chi connectivity index (χ2n) is 3.78. The Labute approximate surface area is 111 Å². The summed E-state index contributed by atoms with van der Waals surface area (Å²) in [6, 6.07) is 4.98. The van der Waals surface area contributed by atoms with Gasteiger partial charge in [0.05, 0.1) is 5.56 Å². The first-order valence-electron chi connectivity index (χ1n) is 5.20. The number of aldehydes is 1. The standard InChI is InChI=1S/C13H7ClF3NO/c14-12-5-8(7-19)1-2-9(12)10-6-18-4-3-11(10)13(15,16)17/h1-7H. The Balaban J connectivity index is 2.63. The lowest BCUT2D eigenvalue weighted by Crippen LogP contribution is -2.07.